The molecule has 1 amide bonds. The molecule has 4 aromatic carbocycles. The molecule has 0 fully saturated rings. The highest BCUT2D eigenvalue weighted by atomic mass is 19.4. The van der Waals surface area contributed by atoms with E-state index in [1.165, 1.54) is 11.0 Å². The Morgan fingerprint density at radius 2 is 1.02 bits per heavy atom. The number of benzene rings is 4. The van der Waals surface area contributed by atoms with E-state index in [1.807, 2.05) is 48.5 Å². The van der Waals surface area contributed by atoms with Crippen LogP contribution in [0.4, 0.5) is 26.3 Å². The summed E-state index contributed by atoms with van der Waals surface area (Å²) in [5.74, 6) is -1.09. The number of carboxylic acid groups (broad SMARTS) is 1. The van der Waals surface area contributed by atoms with E-state index in [0.29, 0.717) is 0 Å². The largest absolute Gasteiger partial charge is 0.489 e. The number of likely N-dealkylation sites (N-methyl/N-ethyl adjacent to an activating group) is 1. The lowest BCUT2D eigenvalue weighted by Gasteiger charge is -2.16. The first-order valence-corrected chi connectivity index (χ1v) is 13.8. The molecule has 0 saturated carbocycles. The van der Waals surface area contributed by atoms with Crippen LogP contribution in [-0.2, 0) is 48.0 Å². The van der Waals surface area contributed by atoms with Gasteiger partial charge in [-0.15, -0.1) is 0 Å². The molecule has 0 radical (unpaired) electrons. The van der Waals surface area contributed by atoms with E-state index < -0.39 is 35.9 Å². The summed E-state index contributed by atoms with van der Waals surface area (Å²) in [6.07, 6.45) is -9.67. The minimum Gasteiger partial charge on any atom is -0.489 e. The topological polar surface area (TPSA) is 76.1 Å². The molecule has 0 saturated heterocycles. The number of aliphatic carboxylic acids is 1. The van der Waals surface area contributed by atoms with E-state index in [-0.39, 0.29) is 48.2 Å². The van der Waals surface area contributed by atoms with Gasteiger partial charge in [0.15, 0.2) is 0 Å². The van der Waals surface area contributed by atoms with Crippen LogP contribution >= 0.6 is 0 Å². The second-order valence-electron chi connectivity index (χ2n) is 10.2. The van der Waals surface area contributed by atoms with Crippen molar-refractivity contribution in [2.45, 2.75) is 38.4 Å². The maximum atomic E-state index is 12.9. The molecule has 0 unspecified atom stereocenters. The second kappa shape index (κ2) is 15.8. The summed E-state index contributed by atoms with van der Waals surface area (Å²) >= 11 is 0. The van der Waals surface area contributed by atoms with Gasteiger partial charge >= 0.3 is 18.3 Å². The Morgan fingerprint density at radius 1 is 0.630 bits per heavy atom. The molecule has 0 aliphatic rings. The molecule has 6 nitrogen and oxygen atoms in total. The molecule has 0 aromatic heterocycles. The van der Waals surface area contributed by atoms with Gasteiger partial charge < -0.3 is 19.5 Å². The molecule has 0 aliphatic carbocycles. The van der Waals surface area contributed by atoms with Gasteiger partial charge in [0, 0.05) is 25.2 Å². The zero-order chi connectivity index (χ0) is 33.9. The predicted molar refractivity (Wildman–Crippen MR) is 158 cm³/mol. The number of rotatable bonds is 10. The zero-order valence-corrected chi connectivity index (χ0v) is 24.9. The van der Waals surface area contributed by atoms with Crippen LogP contribution in [0.3, 0.4) is 0 Å². The van der Waals surface area contributed by atoms with Crippen molar-refractivity contribution in [1.29, 1.82) is 0 Å². The Hall–Kier alpha value is -5.00. The van der Waals surface area contributed by atoms with Crippen LogP contribution in [-0.4, -0.2) is 36.0 Å². The van der Waals surface area contributed by atoms with E-state index in [2.05, 4.69) is 0 Å². The highest BCUT2D eigenvalue weighted by Gasteiger charge is 2.32. The predicted octanol–water partition coefficient (Wildman–Crippen LogP) is 7.83. The maximum Gasteiger partial charge on any atom is 0.416 e. The van der Waals surface area contributed by atoms with Crippen LogP contribution in [0.15, 0.2) is 97.1 Å². The first-order valence-electron chi connectivity index (χ1n) is 13.8. The molecule has 4 aromatic rings. The summed E-state index contributed by atoms with van der Waals surface area (Å²) in [5.41, 5.74) is 0.260. The monoisotopic (exact) mass is 647 g/mol. The number of halogens is 6. The van der Waals surface area contributed by atoms with Gasteiger partial charge in [-0.1, -0.05) is 60.7 Å². The van der Waals surface area contributed by atoms with Gasteiger partial charge in [0.05, 0.1) is 24.0 Å². The molecule has 244 valence electrons. The molecule has 0 spiro atoms. The summed E-state index contributed by atoms with van der Waals surface area (Å²) in [4.78, 5) is 24.0. The number of alkyl halides is 6. The highest BCUT2D eigenvalue weighted by Crippen LogP contribution is 2.34. The van der Waals surface area contributed by atoms with Crippen molar-refractivity contribution in [2.24, 2.45) is 0 Å². The normalized spacial score (nSPS) is 11.2. The number of carboxylic acids is 1. The van der Waals surface area contributed by atoms with Crippen LogP contribution in [0.5, 0.6) is 11.5 Å². The molecule has 1 N–H and O–H groups in total. The van der Waals surface area contributed by atoms with Crippen molar-refractivity contribution >= 4 is 11.9 Å². The lowest BCUT2D eigenvalue weighted by molar-refractivity contribution is -0.138. The summed E-state index contributed by atoms with van der Waals surface area (Å²) in [6.45, 7) is 0.369. The summed E-state index contributed by atoms with van der Waals surface area (Å²) < 4.78 is 87.9. The van der Waals surface area contributed by atoms with Crippen molar-refractivity contribution in [2.75, 3.05) is 14.1 Å². The van der Waals surface area contributed by atoms with E-state index >= 15 is 0 Å². The molecule has 0 heterocycles. The van der Waals surface area contributed by atoms with Crippen LogP contribution < -0.4 is 9.47 Å². The molecule has 4 rings (SSSR count). The number of hydrogen-bond donors (Lipinski definition) is 1. The molecule has 0 bridgehead atoms. The first-order chi connectivity index (χ1) is 21.6. The molecule has 0 aliphatic heterocycles. The van der Waals surface area contributed by atoms with Gasteiger partial charge in [0.1, 0.15) is 24.7 Å². The fourth-order valence-corrected chi connectivity index (χ4v) is 4.02. The average Bonchev–Trinajstić information content (AvgIpc) is 3.00. The first kappa shape index (κ1) is 35.5. The number of carbonyl (C=O) groups is 2. The summed E-state index contributed by atoms with van der Waals surface area (Å²) in [7, 11) is 3.11. The number of hydrogen-bond acceptors (Lipinski definition) is 4. The third kappa shape index (κ3) is 11.2. The van der Waals surface area contributed by atoms with Gasteiger partial charge in [-0.3, -0.25) is 9.59 Å². The van der Waals surface area contributed by atoms with Crippen molar-refractivity contribution < 1.29 is 50.5 Å². The Morgan fingerprint density at radius 3 is 1.37 bits per heavy atom. The quantitative estimate of drug-likeness (QED) is 0.178. The fraction of sp³-hybridized carbons (Fsp3) is 0.235. The van der Waals surface area contributed by atoms with E-state index in [9.17, 15) is 35.9 Å². The van der Waals surface area contributed by atoms with Crippen LogP contribution in [0.25, 0.3) is 0 Å². The third-order valence-electron chi connectivity index (χ3n) is 6.43. The molecular weight excluding hydrogens is 616 g/mol. The minimum atomic E-state index is -4.52. The number of nitrogens with zero attached hydrogens (tertiary/aromatic N) is 1. The maximum absolute atomic E-state index is 12.9. The van der Waals surface area contributed by atoms with E-state index in [1.54, 1.807) is 26.2 Å². The highest BCUT2D eigenvalue weighted by molar-refractivity contribution is 5.79. The summed E-state index contributed by atoms with van der Waals surface area (Å²) in [6, 6.07) is 24.4. The Bertz CT molecular complexity index is 1590. The van der Waals surface area contributed by atoms with E-state index in [4.69, 9.17) is 14.6 Å². The van der Waals surface area contributed by atoms with Gasteiger partial charge in [-0.25, -0.2) is 0 Å². The Balaban J connectivity index is 0.000000251. The number of amides is 1. The molecule has 46 heavy (non-hydrogen) atoms. The van der Waals surface area contributed by atoms with Crippen LogP contribution in [0.1, 0.15) is 33.4 Å². The van der Waals surface area contributed by atoms with Crippen molar-refractivity contribution in [3.8, 4) is 11.5 Å². The number of ether oxygens (including phenoxy) is 2. The van der Waals surface area contributed by atoms with Crippen molar-refractivity contribution in [3.63, 3.8) is 0 Å². The SMILES string of the molecule is CN(C)C(=O)Cc1cc(C(F)(F)F)ccc1OCc1ccccc1.O=C(O)Cc1cc(C(F)(F)F)ccc1OCc1ccccc1. The van der Waals surface area contributed by atoms with Crippen LogP contribution in [0, 0.1) is 0 Å². The third-order valence-corrected chi connectivity index (χ3v) is 6.43. The fourth-order valence-electron chi connectivity index (χ4n) is 4.02. The molecule has 12 heteroatoms. The lowest BCUT2D eigenvalue weighted by Crippen LogP contribution is -2.24. The smallest absolute Gasteiger partial charge is 0.416 e. The second-order valence-corrected chi connectivity index (χ2v) is 10.2. The van der Waals surface area contributed by atoms with Crippen LogP contribution in [0.2, 0.25) is 0 Å². The summed E-state index contributed by atoms with van der Waals surface area (Å²) in [5, 5.41) is 8.83. The van der Waals surface area contributed by atoms with Gasteiger partial charge in [0.2, 0.25) is 5.91 Å². The average molecular weight is 648 g/mol. The Kier molecular flexibility index (Phi) is 12.2. The van der Waals surface area contributed by atoms with Gasteiger partial charge in [-0.2, -0.15) is 26.3 Å². The van der Waals surface area contributed by atoms with Crippen molar-refractivity contribution in [3.05, 3.63) is 130 Å². The molecule has 0 atom stereocenters. The molecular formula is C34H31F6NO5. The minimum absolute atomic E-state index is 0.00161. The van der Waals surface area contributed by atoms with E-state index in [0.717, 1.165) is 41.5 Å². The van der Waals surface area contributed by atoms with Gasteiger partial charge in [-0.05, 0) is 47.5 Å². The lowest BCUT2D eigenvalue weighted by atomic mass is 10.1. The zero-order valence-electron chi connectivity index (χ0n) is 24.9. The Labute approximate surface area is 261 Å². The van der Waals surface area contributed by atoms with Gasteiger partial charge in [0.25, 0.3) is 0 Å². The van der Waals surface area contributed by atoms with Crippen molar-refractivity contribution in [1.82, 2.24) is 4.90 Å². The number of carbonyl (C=O) groups excluding carboxylic acids is 1. The standard InChI is InChI=1S/C18H18F3NO2.C16H13F3O3/c1-22(2)17(23)11-14-10-15(18(19,20)21)8-9-16(14)24-12-13-6-4-3-5-7-13;17-16(18,19)13-6-7-14(12(8-13)9-15(20)21)22-10-11-4-2-1-3-5-11/h3-10H,11-12H2,1-2H3;1-8H,9-10H2,(H,20,21).